The van der Waals surface area contributed by atoms with Gasteiger partial charge in [-0.1, -0.05) is 193 Å². The number of hydrogen-bond acceptors (Lipinski definition) is 2. The van der Waals surface area contributed by atoms with Gasteiger partial charge in [-0.2, -0.15) is 0 Å². The highest BCUT2D eigenvalue weighted by Gasteiger charge is 2.48. The molecule has 10 rings (SSSR count). The number of rotatable bonds is 3. The Morgan fingerprint density at radius 1 is 0.366 bits per heavy atom. The molecule has 0 bridgehead atoms. The first-order chi connectivity index (χ1) is 32.7. The van der Waals surface area contributed by atoms with E-state index < -0.39 is 0 Å². The van der Waals surface area contributed by atoms with Crippen LogP contribution < -0.4 is 26.2 Å². The van der Waals surface area contributed by atoms with Gasteiger partial charge >= 0.3 is 0 Å². The van der Waals surface area contributed by atoms with Crippen LogP contribution in [-0.4, -0.2) is 6.71 Å². The van der Waals surface area contributed by atoms with Crippen molar-refractivity contribution in [3.63, 3.8) is 0 Å². The molecule has 370 valence electrons. The van der Waals surface area contributed by atoms with Gasteiger partial charge < -0.3 is 9.80 Å². The summed E-state index contributed by atoms with van der Waals surface area (Å²) in [4.78, 5) is 5.44. The van der Waals surface area contributed by atoms with E-state index in [2.05, 4.69) is 251 Å². The largest absolute Gasteiger partial charge is 0.311 e. The lowest BCUT2D eigenvalue weighted by molar-refractivity contribution is 0.332. The lowest BCUT2D eigenvalue weighted by Crippen LogP contribution is -2.62. The molecule has 2 aliphatic carbocycles. The second-order valence-corrected chi connectivity index (χ2v) is 29.3. The van der Waals surface area contributed by atoms with Crippen LogP contribution in [0.25, 0.3) is 11.1 Å². The molecule has 0 spiro atoms. The Kier molecular flexibility index (Phi) is 11.0. The third-order valence-electron chi connectivity index (χ3n) is 18.0. The average Bonchev–Trinajstić information content (AvgIpc) is 3.27. The summed E-state index contributed by atoms with van der Waals surface area (Å²) in [5, 5.41) is 0. The van der Waals surface area contributed by atoms with E-state index in [9.17, 15) is 0 Å². The molecule has 2 heterocycles. The molecule has 0 saturated heterocycles. The molecule has 3 heteroatoms. The molecule has 0 aromatic heterocycles. The lowest BCUT2D eigenvalue weighted by Gasteiger charge is -2.48. The molecular weight excluding hydrogens is 856 g/mol. The lowest BCUT2D eigenvalue weighted by atomic mass is 9.32. The van der Waals surface area contributed by atoms with E-state index in [4.69, 9.17) is 0 Å². The van der Waals surface area contributed by atoms with Gasteiger partial charge in [0.05, 0.1) is 5.69 Å². The average molecular weight is 941 g/mol. The second-order valence-electron chi connectivity index (χ2n) is 29.3. The Hall–Kier alpha value is -5.02. The highest BCUT2D eigenvalue weighted by atomic mass is 15.2. The Labute approximate surface area is 431 Å². The Morgan fingerprint density at radius 2 is 0.831 bits per heavy atom. The normalized spacial score (nSPS) is 18.6. The minimum absolute atomic E-state index is 0.00764. The van der Waals surface area contributed by atoms with Crippen molar-refractivity contribution in [3.8, 4) is 11.1 Å². The number of hydrogen-bond donors (Lipinski definition) is 0. The summed E-state index contributed by atoms with van der Waals surface area (Å²) in [6, 6.07) is 42.5. The van der Waals surface area contributed by atoms with E-state index >= 15 is 0 Å². The fraction of sp³-hybridized carbons (Fsp3) is 0.471. The van der Waals surface area contributed by atoms with E-state index in [1.807, 2.05) is 0 Å². The number of fused-ring (bicyclic) bond motifs is 6. The number of benzene rings is 6. The topological polar surface area (TPSA) is 6.48 Å². The molecule has 71 heavy (non-hydrogen) atoms. The SMILES string of the molecule is CC(C)(C)c1cccc(-c2cc(C(C)(C)C)ccc2N2c3ccc(C(C)(C)C)cc3B3c4cc5c(cc4N(c4ccc6c(c4)C(C)(C)CCC6(C)C)c4cc(C(C)(C)C)cc2c43)C(C)(C)CCC5(C)C)c1. The standard InChI is InChI=1S/C68H85BN2/c1-61(2,3)43-23-21-22-42(34-43)48-35-44(62(4,5)6)24-28-55(48)71-56-29-25-45(63(7,8)9)36-53(56)69-54-40-51-52(68(19,20)33-32-67(51,17)18)41-57(54)70(58-37-46(64(10,11)12)38-59(71)60(58)69)47-26-27-49-50(39-47)66(15,16)31-30-65(49,13)14/h21-29,34-41H,30-33H2,1-20H3. The highest BCUT2D eigenvalue weighted by molar-refractivity contribution is 7.00. The van der Waals surface area contributed by atoms with Gasteiger partial charge in [-0.05, 0) is 184 Å². The molecule has 0 atom stereocenters. The molecule has 0 unspecified atom stereocenters. The fourth-order valence-corrected chi connectivity index (χ4v) is 12.8. The van der Waals surface area contributed by atoms with Crippen LogP contribution in [-0.2, 0) is 43.3 Å². The van der Waals surface area contributed by atoms with Gasteiger partial charge in [0.1, 0.15) is 0 Å². The number of nitrogens with zero attached hydrogens (tertiary/aromatic N) is 2. The zero-order valence-electron chi connectivity index (χ0n) is 47.6. The van der Waals surface area contributed by atoms with Crippen molar-refractivity contribution in [2.24, 2.45) is 0 Å². The molecule has 6 aromatic carbocycles. The molecule has 4 aliphatic rings. The van der Waals surface area contributed by atoms with Crippen LogP contribution in [0.4, 0.5) is 34.1 Å². The van der Waals surface area contributed by atoms with Crippen LogP contribution in [0.3, 0.4) is 0 Å². The number of anilines is 6. The summed E-state index contributed by atoms with van der Waals surface area (Å²) in [5.41, 5.74) is 26.0. The Bertz CT molecular complexity index is 3140. The van der Waals surface area contributed by atoms with Crippen LogP contribution in [0.2, 0.25) is 0 Å². The van der Waals surface area contributed by atoms with E-state index in [0.717, 1.165) is 0 Å². The summed E-state index contributed by atoms with van der Waals surface area (Å²) in [6.07, 6.45) is 4.73. The van der Waals surface area contributed by atoms with Crippen LogP contribution in [0.1, 0.15) is 209 Å². The van der Waals surface area contributed by atoms with Crippen LogP contribution in [0, 0.1) is 0 Å². The summed E-state index contributed by atoms with van der Waals surface area (Å²) in [7, 11) is 0. The predicted molar refractivity (Wildman–Crippen MR) is 311 cm³/mol. The summed E-state index contributed by atoms with van der Waals surface area (Å²) >= 11 is 0. The van der Waals surface area contributed by atoms with Gasteiger partial charge in [0.25, 0.3) is 6.71 Å². The maximum atomic E-state index is 2.74. The first-order valence-electron chi connectivity index (χ1n) is 27.2. The van der Waals surface area contributed by atoms with Gasteiger partial charge in [0.15, 0.2) is 0 Å². The Balaban J connectivity index is 1.37. The first-order valence-corrected chi connectivity index (χ1v) is 27.2. The van der Waals surface area contributed by atoms with Gasteiger partial charge in [-0.3, -0.25) is 0 Å². The molecule has 0 saturated carbocycles. The zero-order valence-corrected chi connectivity index (χ0v) is 47.6. The molecule has 0 fully saturated rings. The van der Waals surface area contributed by atoms with Crippen molar-refractivity contribution >= 4 is 57.2 Å². The maximum Gasteiger partial charge on any atom is 0.252 e. The molecule has 0 amide bonds. The van der Waals surface area contributed by atoms with Crippen LogP contribution in [0.5, 0.6) is 0 Å². The van der Waals surface area contributed by atoms with Crippen LogP contribution >= 0.6 is 0 Å². The molecule has 0 N–H and O–H groups in total. The van der Waals surface area contributed by atoms with E-state index in [1.165, 1.54) is 132 Å². The quantitative estimate of drug-likeness (QED) is 0.163. The van der Waals surface area contributed by atoms with Crippen molar-refractivity contribution in [1.82, 2.24) is 0 Å². The fourth-order valence-electron chi connectivity index (χ4n) is 12.8. The van der Waals surface area contributed by atoms with E-state index in [-0.39, 0.29) is 50.0 Å². The second kappa shape index (κ2) is 15.7. The summed E-state index contributed by atoms with van der Waals surface area (Å²) < 4.78 is 0. The van der Waals surface area contributed by atoms with Gasteiger partial charge in [0.2, 0.25) is 0 Å². The summed E-state index contributed by atoms with van der Waals surface area (Å²) in [6.45, 7) is 48.3. The van der Waals surface area contributed by atoms with E-state index in [1.54, 1.807) is 0 Å². The highest BCUT2D eigenvalue weighted by Crippen LogP contribution is 2.54. The van der Waals surface area contributed by atoms with Crippen molar-refractivity contribution in [2.75, 3.05) is 9.80 Å². The zero-order chi connectivity index (χ0) is 51.6. The molecule has 6 aromatic rings. The molecule has 2 nitrogen and oxygen atoms in total. The monoisotopic (exact) mass is 941 g/mol. The smallest absolute Gasteiger partial charge is 0.252 e. The Morgan fingerprint density at radius 3 is 1.39 bits per heavy atom. The third kappa shape index (κ3) is 8.14. The van der Waals surface area contributed by atoms with Crippen molar-refractivity contribution in [2.45, 2.75) is 207 Å². The van der Waals surface area contributed by atoms with E-state index in [0.29, 0.717) is 0 Å². The third-order valence-corrected chi connectivity index (χ3v) is 18.0. The van der Waals surface area contributed by atoms with Gasteiger partial charge in [-0.25, -0.2) is 0 Å². The maximum absolute atomic E-state index is 2.74. The predicted octanol–water partition coefficient (Wildman–Crippen LogP) is 17.3. The minimum atomic E-state index is -0.126. The van der Waals surface area contributed by atoms with Crippen molar-refractivity contribution in [3.05, 3.63) is 148 Å². The first kappa shape index (κ1) is 49.6. The molecule has 2 aliphatic heterocycles. The molecule has 0 radical (unpaired) electrons. The summed E-state index contributed by atoms with van der Waals surface area (Å²) in [5.74, 6) is 0. The van der Waals surface area contributed by atoms with Crippen molar-refractivity contribution in [1.29, 1.82) is 0 Å². The molecular formula is C68H85BN2. The van der Waals surface area contributed by atoms with Crippen molar-refractivity contribution < 1.29 is 0 Å². The minimum Gasteiger partial charge on any atom is -0.311 e. The van der Waals surface area contributed by atoms with Gasteiger partial charge in [-0.15, -0.1) is 0 Å². The van der Waals surface area contributed by atoms with Crippen LogP contribution in [0.15, 0.2) is 103 Å². The van der Waals surface area contributed by atoms with Gasteiger partial charge in [0, 0.05) is 34.0 Å².